The first-order valence-corrected chi connectivity index (χ1v) is 8.05. The van der Waals surface area contributed by atoms with Gasteiger partial charge < -0.3 is 15.2 Å². The molecule has 0 bridgehead atoms. The maximum atomic E-state index is 11.6. The molecule has 0 aliphatic heterocycles. The zero-order chi connectivity index (χ0) is 17.6. The molecular weight excluding hydrogens is 318 g/mol. The Morgan fingerprint density at radius 2 is 1.92 bits per heavy atom. The molecule has 1 aromatic carbocycles. The quantitative estimate of drug-likeness (QED) is 0.696. The molecule has 3 aromatic rings. The predicted octanol–water partition coefficient (Wildman–Crippen LogP) is 2.86. The number of carbonyl (C=O) groups is 1. The van der Waals surface area contributed by atoms with Crippen molar-refractivity contribution < 1.29 is 14.3 Å². The lowest BCUT2D eigenvalue weighted by molar-refractivity contribution is -0.144. The Morgan fingerprint density at radius 1 is 1.16 bits per heavy atom. The van der Waals surface area contributed by atoms with E-state index < -0.39 is 12.0 Å². The fourth-order valence-electron chi connectivity index (χ4n) is 2.46. The summed E-state index contributed by atoms with van der Waals surface area (Å²) in [5, 5.41) is 1.86. The van der Waals surface area contributed by atoms with Gasteiger partial charge in [0.2, 0.25) is 5.88 Å². The van der Waals surface area contributed by atoms with Gasteiger partial charge in [0.25, 0.3) is 0 Å². The molecule has 0 fully saturated rings. The van der Waals surface area contributed by atoms with Crippen molar-refractivity contribution in [2.45, 2.75) is 19.4 Å². The first-order chi connectivity index (χ1) is 12.2. The number of rotatable bonds is 6. The van der Waals surface area contributed by atoms with E-state index >= 15 is 0 Å². The van der Waals surface area contributed by atoms with Gasteiger partial charge in [0.1, 0.15) is 11.8 Å². The van der Waals surface area contributed by atoms with E-state index in [-0.39, 0.29) is 0 Å². The summed E-state index contributed by atoms with van der Waals surface area (Å²) in [4.78, 5) is 20.0. The topological polar surface area (TPSA) is 87.3 Å². The van der Waals surface area contributed by atoms with Gasteiger partial charge >= 0.3 is 5.97 Å². The highest BCUT2D eigenvalue weighted by atomic mass is 16.5. The van der Waals surface area contributed by atoms with Crippen LogP contribution in [0.15, 0.2) is 55.0 Å². The van der Waals surface area contributed by atoms with Crippen LogP contribution in [0.5, 0.6) is 11.6 Å². The number of pyridine rings is 2. The molecule has 0 spiro atoms. The smallest absolute Gasteiger partial charge is 0.323 e. The van der Waals surface area contributed by atoms with Gasteiger partial charge in [-0.3, -0.25) is 9.78 Å². The molecule has 25 heavy (non-hydrogen) atoms. The van der Waals surface area contributed by atoms with Gasteiger partial charge in [-0.1, -0.05) is 12.1 Å². The number of fused-ring (bicyclic) bond motifs is 1. The third-order valence-electron chi connectivity index (χ3n) is 3.71. The first-order valence-electron chi connectivity index (χ1n) is 8.05. The van der Waals surface area contributed by atoms with Crippen LogP contribution in [0.3, 0.4) is 0 Å². The highest BCUT2D eigenvalue weighted by molar-refractivity contribution is 5.85. The van der Waals surface area contributed by atoms with Gasteiger partial charge in [-0.05, 0) is 48.6 Å². The molecule has 0 amide bonds. The summed E-state index contributed by atoms with van der Waals surface area (Å²) >= 11 is 0. The normalized spacial score (nSPS) is 11.9. The van der Waals surface area contributed by atoms with Crippen LogP contribution in [0.4, 0.5) is 0 Å². The van der Waals surface area contributed by atoms with Crippen molar-refractivity contribution in [3.05, 3.63) is 60.6 Å². The number of nitrogens with zero attached hydrogens (tertiary/aromatic N) is 2. The highest BCUT2D eigenvalue weighted by Gasteiger charge is 2.15. The van der Waals surface area contributed by atoms with Gasteiger partial charge in [-0.2, -0.15) is 0 Å². The molecule has 1 atom stereocenters. The zero-order valence-corrected chi connectivity index (χ0v) is 13.9. The van der Waals surface area contributed by atoms with Crippen LogP contribution in [-0.2, 0) is 16.0 Å². The molecule has 2 heterocycles. The Labute approximate surface area is 145 Å². The molecule has 2 N–H and O–H groups in total. The molecule has 1 unspecified atom stereocenters. The first kappa shape index (κ1) is 16.9. The molecular formula is C19H19N3O3. The molecule has 3 rings (SSSR count). The van der Waals surface area contributed by atoms with Gasteiger partial charge in [0.15, 0.2) is 0 Å². The predicted molar refractivity (Wildman–Crippen MR) is 94.4 cm³/mol. The van der Waals surface area contributed by atoms with Crippen molar-refractivity contribution in [1.29, 1.82) is 0 Å². The molecule has 6 nitrogen and oxygen atoms in total. The van der Waals surface area contributed by atoms with E-state index in [1.165, 1.54) is 0 Å². The minimum absolute atomic E-state index is 0.326. The maximum absolute atomic E-state index is 11.6. The maximum Gasteiger partial charge on any atom is 0.323 e. The zero-order valence-electron chi connectivity index (χ0n) is 13.9. The molecule has 2 aromatic heterocycles. The van der Waals surface area contributed by atoms with E-state index in [9.17, 15) is 4.79 Å². The summed E-state index contributed by atoms with van der Waals surface area (Å²) < 4.78 is 10.8. The van der Waals surface area contributed by atoms with Crippen LogP contribution in [0.25, 0.3) is 10.8 Å². The molecule has 0 aliphatic rings. The van der Waals surface area contributed by atoms with Crippen LogP contribution in [0.1, 0.15) is 12.5 Å². The Bertz CT molecular complexity index is 860. The summed E-state index contributed by atoms with van der Waals surface area (Å²) in [6.45, 7) is 2.08. The minimum Gasteiger partial charge on any atom is -0.465 e. The third kappa shape index (κ3) is 4.10. The number of hydrogen-bond donors (Lipinski definition) is 1. The fourth-order valence-corrected chi connectivity index (χ4v) is 2.46. The van der Waals surface area contributed by atoms with Crippen LogP contribution >= 0.6 is 0 Å². The lowest BCUT2D eigenvalue weighted by Crippen LogP contribution is -2.34. The molecule has 0 saturated heterocycles. The van der Waals surface area contributed by atoms with Crippen molar-refractivity contribution in [3.63, 3.8) is 0 Å². The number of nitrogens with two attached hydrogens (primary N) is 1. The van der Waals surface area contributed by atoms with Crippen molar-refractivity contribution in [2.75, 3.05) is 6.61 Å². The van der Waals surface area contributed by atoms with Crippen LogP contribution in [-0.4, -0.2) is 28.6 Å². The second-order valence-corrected chi connectivity index (χ2v) is 5.52. The monoisotopic (exact) mass is 337 g/mol. The number of aromatic nitrogens is 2. The molecule has 6 heteroatoms. The minimum atomic E-state index is -0.669. The fraction of sp³-hybridized carbons (Fsp3) is 0.211. The number of carbonyl (C=O) groups excluding carboxylic acids is 1. The van der Waals surface area contributed by atoms with Gasteiger partial charge in [0.05, 0.1) is 12.0 Å². The second-order valence-electron chi connectivity index (χ2n) is 5.52. The van der Waals surface area contributed by atoms with E-state index in [0.717, 1.165) is 16.3 Å². The lowest BCUT2D eigenvalue weighted by Gasteiger charge is -2.11. The van der Waals surface area contributed by atoms with Crippen LogP contribution in [0, 0.1) is 0 Å². The second kappa shape index (κ2) is 7.72. The number of hydrogen-bond acceptors (Lipinski definition) is 6. The summed E-state index contributed by atoms with van der Waals surface area (Å²) in [5.74, 6) is 0.758. The lowest BCUT2D eigenvalue weighted by atomic mass is 10.1. The largest absolute Gasteiger partial charge is 0.465 e. The van der Waals surface area contributed by atoms with Gasteiger partial charge in [-0.25, -0.2) is 4.98 Å². The molecule has 0 aliphatic carbocycles. The van der Waals surface area contributed by atoms with Gasteiger partial charge in [-0.15, -0.1) is 0 Å². The van der Waals surface area contributed by atoms with E-state index in [1.54, 1.807) is 25.5 Å². The standard InChI is InChI=1S/C19H19N3O3/c1-2-24-19(23)17(20)11-13-3-5-15(6-4-13)25-18-16-12-21-9-7-14(16)8-10-22-18/h3-10,12,17H,2,11,20H2,1H3. The summed E-state index contributed by atoms with van der Waals surface area (Å²) in [5.41, 5.74) is 6.77. The highest BCUT2D eigenvalue weighted by Crippen LogP contribution is 2.27. The molecule has 128 valence electrons. The van der Waals surface area contributed by atoms with Crippen molar-refractivity contribution in [3.8, 4) is 11.6 Å². The SMILES string of the molecule is CCOC(=O)C(N)Cc1ccc(Oc2nccc3ccncc23)cc1. The Kier molecular flexibility index (Phi) is 5.20. The average Bonchev–Trinajstić information content (AvgIpc) is 2.64. The number of ether oxygens (including phenoxy) is 2. The summed E-state index contributed by atoms with van der Waals surface area (Å²) in [6.07, 6.45) is 5.57. The number of esters is 1. The number of benzene rings is 1. The molecule has 0 saturated carbocycles. The average molecular weight is 337 g/mol. The van der Waals surface area contributed by atoms with Crippen molar-refractivity contribution in [1.82, 2.24) is 9.97 Å². The summed E-state index contributed by atoms with van der Waals surface area (Å²) in [7, 11) is 0. The van der Waals surface area contributed by atoms with Gasteiger partial charge in [0, 0.05) is 18.6 Å². The van der Waals surface area contributed by atoms with E-state index in [2.05, 4.69) is 9.97 Å². The van der Waals surface area contributed by atoms with Crippen LogP contribution in [0.2, 0.25) is 0 Å². The Morgan fingerprint density at radius 3 is 2.68 bits per heavy atom. The summed E-state index contributed by atoms with van der Waals surface area (Å²) in [6, 6.07) is 10.5. The van der Waals surface area contributed by atoms with E-state index in [1.807, 2.05) is 36.4 Å². The molecule has 0 radical (unpaired) electrons. The van der Waals surface area contributed by atoms with Crippen molar-refractivity contribution in [2.24, 2.45) is 5.73 Å². The van der Waals surface area contributed by atoms with E-state index in [4.69, 9.17) is 15.2 Å². The van der Waals surface area contributed by atoms with Crippen LogP contribution < -0.4 is 10.5 Å². The Balaban J connectivity index is 1.71. The third-order valence-corrected chi connectivity index (χ3v) is 3.71. The Hall–Kier alpha value is -2.99. The van der Waals surface area contributed by atoms with Crippen molar-refractivity contribution >= 4 is 16.7 Å². The van der Waals surface area contributed by atoms with E-state index in [0.29, 0.717) is 24.7 Å².